The lowest BCUT2D eigenvalue weighted by Crippen LogP contribution is -2.29. The van der Waals surface area contributed by atoms with Crippen LogP contribution in [0.1, 0.15) is 18.9 Å². The van der Waals surface area contributed by atoms with E-state index in [0.717, 1.165) is 22.8 Å². The molecule has 0 amide bonds. The van der Waals surface area contributed by atoms with Gasteiger partial charge in [-0.1, -0.05) is 24.3 Å². The summed E-state index contributed by atoms with van der Waals surface area (Å²) >= 11 is 1.88. The Kier molecular flexibility index (Phi) is 4.92. The molecule has 0 N–H and O–H groups in total. The Labute approximate surface area is 125 Å². The molecule has 3 heteroatoms. The molecule has 0 aliphatic carbocycles. The van der Waals surface area contributed by atoms with Crippen LogP contribution in [-0.2, 0) is 0 Å². The number of nitrogens with zero attached hydrogens (tertiary/aromatic N) is 2. The van der Waals surface area contributed by atoms with Crippen LogP contribution in [0.2, 0.25) is 0 Å². The first-order valence-electron chi connectivity index (χ1n) is 6.82. The molecule has 0 bridgehead atoms. The van der Waals surface area contributed by atoms with Gasteiger partial charge < -0.3 is 4.90 Å². The normalized spacial score (nSPS) is 12.1. The van der Waals surface area contributed by atoms with E-state index in [4.69, 9.17) is 0 Å². The number of anilines is 1. The van der Waals surface area contributed by atoms with Gasteiger partial charge in [-0.2, -0.15) is 17.0 Å². The van der Waals surface area contributed by atoms with Crippen LogP contribution in [0.4, 0.5) is 5.69 Å². The Balaban J connectivity index is 2.43. The second-order valence-corrected chi connectivity index (χ2v) is 6.02. The Morgan fingerprint density at radius 1 is 1.20 bits per heavy atom. The van der Waals surface area contributed by atoms with E-state index in [1.807, 2.05) is 36.0 Å². The van der Waals surface area contributed by atoms with Crippen LogP contribution in [0.25, 0.3) is 10.8 Å². The fraction of sp³-hybridized carbons (Fsp3) is 0.353. The zero-order valence-corrected chi connectivity index (χ0v) is 13.1. The summed E-state index contributed by atoms with van der Waals surface area (Å²) in [6.45, 7) is 2.25. The molecule has 2 nitrogen and oxygen atoms in total. The number of benzene rings is 2. The fourth-order valence-corrected chi connectivity index (χ4v) is 2.98. The van der Waals surface area contributed by atoms with Crippen molar-refractivity contribution in [2.24, 2.45) is 0 Å². The first-order valence-corrected chi connectivity index (χ1v) is 8.22. The standard InChI is InChI=1S/C17H20N2S/c1-13(10-11-20-3)19(2)17-9-8-14(12-18)15-6-4-5-7-16(15)17/h4-9,13H,10-11H2,1-3H3. The average molecular weight is 284 g/mol. The van der Waals surface area contributed by atoms with Crippen molar-refractivity contribution in [3.05, 3.63) is 42.0 Å². The van der Waals surface area contributed by atoms with Gasteiger partial charge >= 0.3 is 0 Å². The second-order valence-electron chi connectivity index (χ2n) is 5.03. The molecule has 2 aromatic carbocycles. The van der Waals surface area contributed by atoms with Crippen molar-refractivity contribution in [2.45, 2.75) is 19.4 Å². The van der Waals surface area contributed by atoms with Crippen LogP contribution in [0.15, 0.2) is 36.4 Å². The summed E-state index contributed by atoms with van der Waals surface area (Å²) < 4.78 is 0. The monoisotopic (exact) mass is 284 g/mol. The SMILES string of the molecule is CSCCC(C)N(C)c1ccc(C#N)c2ccccc12. The van der Waals surface area contributed by atoms with Crippen molar-refractivity contribution in [1.29, 1.82) is 5.26 Å². The van der Waals surface area contributed by atoms with Gasteiger partial charge in [-0.15, -0.1) is 0 Å². The average Bonchev–Trinajstić information content (AvgIpc) is 2.50. The molecule has 0 spiro atoms. The van der Waals surface area contributed by atoms with Crippen molar-refractivity contribution in [3.8, 4) is 6.07 Å². The van der Waals surface area contributed by atoms with Crippen molar-refractivity contribution in [3.63, 3.8) is 0 Å². The molecule has 0 aliphatic rings. The zero-order chi connectivity index (χ0) is 14.5. The Morgan fingerprint density at radius 3 is 2.55 bits per heavy atom. The van der Waals surface area contributed by atoms with Gasteiger partial charge in [-0.25, -0.2) is 0 Å². The van der Waals surface area contributed by atoms with Gasteiger partial charge in [0, 0.05) is 29.5 Å². The number of hydrogen-bond donors (Lipinski definition) is 0. The lowest BCUT2D eigenvalue weighted by atomic mass is 10.0. The summed E-state index contributed by atoms with van der Waals surface area (Å²) in [6, 6.07) is 14.9. The summed E-state index contributed by atoms with van der Waals surface area (Å²) in [6.07, 6.45) is 3.30. The molecule has 0 aromatic heterocycles. The Bertz CT molecular complexity index is 630. The van der Waals surface area contributed by atoms with Crippen LogP contribution >= 0.6 is 11.8 Å². The van der Waals surface area contributed by atoms with Crippen molar-refractivity contribution >= 4 is 28.2 Å². The topological polar surface area (TPSA) is 27.0 Å². The minimum atomic E-state index is 0.485. The lowest BCUT2D eigenvalue weighted by Gasteiger charge is -2.28. The molecule has 0 radical (unpaired) electrons. The predicted octanol–water partition coefficient (Wildman–Crippen LogP) is 4.29. The van der Waals surface area contributed by atoms with Gasteiger partial charge in [-0.3, -0.25) is 0 Å². The quantitative estimate of drug-likeness (QED) is 0.819. The van der Waals surface area contributed by atoms with Crippen molar-refractivity contribution in [2.75, 3.05) is 24.0 Å². The highest BCUT2D eigenvalue weighted by Gasteiger charge is 2.13. The molecule has 104 valence electrons. The van der Waals surface area contributed by atoms with Crippen molar-refractivity contribution < 1.29 is 0 Å². The molecular formula is C17H20N2S. The summed E-state index contributed by atoms with van der Waals surface area (Å²) in [5.74, 6) is 1.17. The molecule has 0 heterocycles. The van der Waals surface area contributed by atoms with E-state index in [-0.39, 0.29) is 0 Å². The Morgan fingerprint density at radius 2 is 1.90 bits per heavy atom. The first kappa shape index (κ1) is 14.7. The van der Waals surface area contributed by atoms with Crippen LogP contribution in [0, 0.1) is 11.3 Å². The molecule has 2 rings (SSSR count). The maximum absolute atomic E-state index is 9.22. The number of thioether (sulfide) groups is 1. The predicted molar refractivity (Wildman–Crippen MR) is 89.5 cm³/mol. The fourth-order valence-electron chi connectivity index (χ4n) is 2.41. The molecule has 2 aromatic rings. The summed E-state index contributed by atoms with van der Waals surface area (Å²) in [5.41, 5.74) is 1.95. The van der Waals surface area contributed by atoms with E-state index in [1.165, 1.54) is 11.4 Å². The summed E-state index contributed by atoms with van der Waals surface area (Å²) in [5, 5.41) is 11.4. The minimum Gasteiger partial charge on any atom is -0.371 e. The van der Waals surface area contributed by atoms with E-state index in [2.05, 4.69) is 43.3 Å². The number of hydrogen-bond acceptors (Lipinski definition) is 3. The molecule has 0 saturated heterocycles. The van der Waals surface area contributed by atoms with Gasteiger partial charge in [0.15, 0.2) is 0 Å². The molecule has 20 heavy (non-hydrogen) atoms. The number of fused-ring (bicyclic) bond motifs is 1. The van der Waals surface area contributed by atoms with Gasteiger partial charge in [0.05, 0.1) is 11.6 Å². The van der Waals surface area contributed by atoms with E-state index >= 15 is 0 Å². The third kappa shape index (κ3) is 2.91. The Hall–Kier alpha value is -1.66. The molecule has 0 saturated carbocycles. The largest absolute Gasteiger partial charge is 0.371 e. The van der Waals surface area contributed by atoms with Crippen LogP contribution < -0.4 is 4.90 Å². The van der Waals surface area contributed by atoms with Gasteiger partial charge in [0.2, 0.25) is 0 Å². The smallest absolute Gasteiger partial charge is 0.0998 e. The molecular weight excluding hydrogens is 264 g/mol. The number of rotatable bonds is 5. The summed E-state index contributed by atoms with van der Waals surface area (Å²) in [7, 11) is 2.14. The van der Waals surface area contributed by atoms with Crippen molar-refractivity contribution in [1.82, 2.24) is 0 Å². The van der Waals surface area contributed by atoms with Crippen LogP contribution in [0.3, 0.4) is 0 Å². The van der Waals surface area contributed by atoms with Gasteiger partial charge in [0.1, 0.15) is 0 Å². The molecule has 0 fully saturated rings. The van der Waals surface area contributed by atoms with Gasteiger partial charge in [-0.05, 0) is 37.5 Å². The molecule has 1 atom stereocenters. The minimum absolute atomic E-state index is 0.485. The maximum atomic E-state index is 9.22. The summed E-state index contributed by atoms with van der Waals surface area (Å²) in [4.78, 5) is 2.32. The highest BCUT2D eigenvalue weighted by Crippen LogP contribution is 2.30. The third-order valence-electron chi connectivity index (χ3n) is 3.80. The van der Waals surface area contributed by atoms with Crippen LogP contribution in [0.5, 0.6) is 0 Å². The van der Waals surface area contributed by atoms with E-state index in [1.54, 1.807) is 0 Å². The van der Waals surface area contributed by atoms with Gasteiger partial charge in [0.25, 0.3) is 0 Å². The van der Waals surface area contributed by atoms with E-state index in [9.17, 15) is 5.26 Å². The second kappa shape index (κ2) is 6.67. The molecule has 0 aliphatic heterocycles. The maximum Gasteiger partial charge on any atom is 0.0998 e. The molecule has 1 unspecified atom stereocenters. The van der Waals surface area contributed by atoms with E-state index in [0.29, 0.717) is 6.04 Å². The van der Waals surface area contributed by atoms with E-state index < -0.39 is 0 Å². The first-order chi connectivity index (χ1) is 9.69. The number of nitriles is 1. The lowest BCUT2D eigenvalue weighted by molar-refractivity contribution is 0.671. The highest BCUT2D eigenvalue weighted by molar-refractivity contribution is 7.98. The highest BCUT2D eigenvalue weighted by atomic mass is 32.2. The van der Waals surface area contributed by atoms with Crippen LogP contribution in [-0.4, -0.2) is 25.1 Å². The third-order valence-corrected chi connectivity index (χ3v) is 4.45. The zero-order valence-electron chi connectivity index (χ0n) is 12.3.